The summed E-state index contributed by atoms with van der Waals surface area (Å²) in [5.74, 6) is 1.04. The Morgan fingerprint density at radius 1 is 1.00 bits per heavy atom. The van der Waals surface area contributed by atoms with Gasteiger partial charge in [0, 0.05) is 21.3 Å². The van der Waals surface area contributed by atoms with Gasteiger partial charge in [-0.15, -0.1) is 0 Å². The SMILES string of the molecule is COc1cc(C(=O)c2cc(Br)ccc2N)cc(OC)c1OC. The first-order chi connectivity index (χ1) is 10.5. The molecule has 0 radical (unpaired) electrons. The molecule has 116 valence electrons. The summed E-state index contributed by atoms with van der Waals surface area (Å²) in [6, 6.07) is 8.34. The van der Waals surface area contributed by atoms with Crippen LogP contribution < -0.4 is 19.9 Å². The Balaban J connectivity index is 2.56. The normalized spacial score (nSPS) is 10.2. The van der Waals surface area contributed by atoms with E-state index in [1.165, 1.54) is 21.3 Å². The molecule has 0 aliphatic rings. The number of ether oxygens (including phenoxy) is 3. The van der Waals surface area contributed by atoms with Gasteiger partial charge in [0.2, 0.25) is 5.75 Å². The lowest BCUT2D eigenvalue weighted by Crippen LogP contribution is -2.07. The number of methoxy groups -OCH3 is 3. The van der Waals surface area contributed by atoms with Gasteiger partial charge in [0.25, 0.3) is 0 Å². The van der Waals surface area contributed by atoms with E-state index in [4.69, 9.17) is 19.9 Å². The number of anilines is 1. The van der Waals surface area contributed by atoms with Crippen LogP contribution in [-0.2, 0) is 0 Å². The zero-order valence-corrected chi connectivity index (χ0v) is 14.1. The lowest BCUT2D eigenvalue weighted by molar-refractivity contribution is 0.103. The molecular weight excluding hydrogens is 350 g/mol. The molecule has 0 aliphatic heterocycles. The second-order valence-electron chi connectivity index (χ2n) is 4.47. The Labute approximate surface area is 137 Å². The summed E-state index contributed by atoms with van der Waals surface area (Å²) in [4.78, 5) is 12.7. The maximum absolute atomic E-state index is 12.7. The van der Waals surface area contributed by atoms with E-state index < -0.39 is 0 Å². The van der Waals surface area contributed by atoms with Crippen LogP contribution in [0.2, 0.25) is 0 Å². The van der Waals surface area contributed by atoms with Gasteiger partial charge in [0.1, 0.15) is 0 Å². The minimum absolute atomic E-state index is 0.224. The molecule has 5 nitrogen and oxygen atoms in total. The molecule has 0 unspecified atom stereocenters. The molecule has 0 fully saturated rings. The highest BCUT2D eigenvalue weighted by Gasteiger charge is 2.19. The molecule has 2 rings (SSSR count). The van der Waals surface area contributed by atoms with Crippen molar-refractivity contribution < 1.29 is 19.0 Å². The highest BCUT2D eigenvalue weighted by atomic mass is 79.9. The molecule has 0 atom stereocenters. The van der Waals surface area contributed by atoms with Crippen molar-refractivity contribution in [2.45, 2.75) is 0 Å². The topological polar surface area (TPSA) is 70.8 Å². The Morgan fingerprint density at radius 3 is 2.09 bits per heavy atom. The van der Waals surface area contributed by atoms with Crippen LogP contribution >= 0.6 is 15.9 Å². The second-order valence-corrected chi connectivity index (χ2v) is 5.39. The lowest BCUT2D eigenvalue weighted by atomic mass is 10.0. The molecule has 0 saturated heterocycles. The minimum Gasteiger partial charge on any atom is -0.493 e. The third kappa shape index (κ3) is 3.01. The van der Waals surface area contributed by atoms with Gasteiger partial charge < -0.3 is 19.9 Å². The molecule has 2 aromatic rings. The maximum atomic E-state index is 12.7. The highest BCUT2D eigenvalue weighted by molar-refractivity contribution is 9.10. The van der Waals surface area contributed by atoms with Gasteiger partial charge in [-0.25, -0.2) is 0 Å². The highest BCUT2D eigenvalue weighted by Crippen LogP contribution is 2.39. The molecule has 0 bridgehead atoms. The fraction of sp³-hybridized carbons (Fsp3) is 0.188. The van der Waals surface area contributed by atoms with E-state index in [2.05, 4.69) is 15.9 Å². The second kappa shape index (κ2) is 6.70. The van der Waals surface area contributed by atoms with E-state index in [1.54, 1.807) is 30.3 Å². The number of nitrogen functional groups attached to an aromatic ring is 1. The molecule has 0 aliphatic carbocycles. The van der Waals surface area contributed by atoms with E-state index >= 15 is 0 Å². The van der Waals surface area contributed by atoms with Crippen LogP contribution in [0.3, 0.4) is 0 Å². The van der Waals surface area contributed by atoms with Gasteiger partial charge in [-0.05, 0) is 30.3 Å². The first kappa shape index (κ1) is 16.2. The van der Waals surface area contributed by atoms with E-state index in [1.807, 2.05) is 0 Å². The van der Waals surface area contributed by atoms with E-state index in [0.29, 0.717) is 34.1 Å². The number of rotatable bonds is 5. The van der Waals surface area contributed by atoms with Crippen LogP contribution in [0.25, 0.3) is 0 Å². The van der Waals surface area contributed by atoms with Crippen LogP contribution in [0.4, 0.5) is 5.69 Å². The maximum Gasteiger partial charge on any atom is 0.203 e. The molecule has 0 aromatic heterocycles. The van der Waals surface area contributed by atoms with E-state index in [-0.39, 0.29) is 5.78 Å². The predicted molar refractivity (Wildman–Crippen MR) is 88.1 cm³/mol. The fourth-order valence-electron chi connectivity index (χ4n) is 2.09. The first-order valence-corrected chi connectivity index (χ1v) is 7.20. The van der Waals surface area contributed by atoms with Crippen LogP contribution in [-0.4, -0.2) is 27.1 Å². The van der Waals surface area contributed by atoms with Crippen LogP contribution in [0, 0.1) is 0 Å². The van der Waals surface area contributed by atoms with Crippen LogP contribution in [0.1, 0.15) is 15.9 Å². The smallest absolute Gasteiger partial charge is 0.203 e. The van der Waals surface area contributed by atoms with Crippen molar-refractivity contribution in [2.24, 2.45) is 0 Å². The molecule has 2 N–H and O–H groups in total. The van der Waals surface area contributed by atoms with Crippen molar-refractivity contribution >= 4 is 27.4 Å². The molecule has 2 aromatic carbocycles. The molecule has 0 spiro atoms. The van der Waals surface area contributed by atoms with Crippen LogP contribution in [0.15, 0.2) is 34.8 Å². The van der Waals surface area contributed by atoms with Crippen LogP contribution in [0.5, 0.6) is 17.2 Å². The third-order valence-electron chi connectivity index (χ3n) is 3.19. The molecular formula is C16H16BrNO4. The Morgan fingerprint density at radius 2 is 1.59 bits per heavy atom. The molecule has 22 heavy (non-hydrogen) atoms. The zero-order chi connectivity index (χ0) is 16.3. The van der Waals surface area contributed by atoms with Crippen molar-refractivity contribution in [1.82, 2.24) is 0 Å². The summed E-state index contributed by atoms with van der Waals surface area (Å²) in [6.45, 7) is 0. The Bertz CT molecular complexity index is 690. The summed E-state index contributed by atoms with van der Waals surface area (Å²) >= 11 is 3.34. The monoisotopic (exact) mass is 365 g/mol. The lowest BCUT2D eigenvalue weighted by Gasteiger charge is -2.14. The van der Waals surface area contributed by atoms with Gasteiger partial charge in [-0.1, -0.05) is 15.9 Å². The minimum atomic E-state index is -0.224. The number of carbonyl (C=O) groups excluding carboxylic acids is 1. The number of hydrogen-bond donors (Lipinski definition) is 1. The molecule has 6 heteroatoms. The average Bonchev–Trinajstić information content (AvgIpc) is 2.54. The van der Waals surface area contributed by atoms with E-state index in [9.17, 15) is 4.79 Å². The Kier molecular flexibility index (Phi) is 4.92. The molecule has 0 heterocycles. The van der Waals surface area contributed by atoms with Crippen molar-refractivity contribution in [2.75, 3.05) is 27.1 Å². The predicted octanol–water partition coefficient (Wildman–Crippen LogP) is 3.29. The largest absolute Gasteiger partial charge is 0.493 e. The van der Waals surface area contributed by atoms with Gasteiger partial charge in [-0.3, -0.25) is 4.79 Å². The van der Waals surface area contributed by atoms with Gasteiger partial charge >= 0.3 is 0 Å². The summed E-state index contributed by atoms with van der Waals surface area (Å²) in [7, 11) is 4.51. The van der Waals surface area contributed by atoms with Crippen molar-refractivity contribution in [3.05, 3.63) is 45.9 Å². The van der Waals surface area contributed by atoms with Gasteiger partial charge in [0.05, 0.1) is 21.3 Å². The summed E-state index contributed by atoms with van der Waals surface area (Å²) in [5, 5.41) is 0. The number of hydrogen-bond acceptors (Lipinski definition) is 5. The standard InChI is InChI=1S/C16H16BrNO4/c1-20-13-6-9(7-14(21-2)16(13)22-3)15(19)11-8-10(17)4-5-12(11)18/h4-8H,18H2,1-3H3. The number of benzene rings is 2. The summed E-state index contributed by atoms with van der Waals surface area (Å²) < 4.78 is 16.5. The fourth-order valence-corrected chi connectivity index (χ4v) is 2.45. The average molecular weight is 366 g/mol. The van der Waals surface area contributed by atoms with Crippen molar-refractivity contribution in [3.63, 3.8) is 0 Å². The van der Waals surface area contributed by atoms with Gasteiger partial charge in [-0.2, -0.15) is 0 Å². The molecule has 0 amide bonds. The quantitative estimate of drug-likeness (QED) is 0.650. The van der Waals surface area contributed by atoms with Crippen molar-refractivity contribution in [3.8, 4) is 17.2 Å². The van der Waals surface area contributed by atoms with Gasteiger partial charge in [0.15, 0.2) is 17.3 Å². The summed E-state index contributed by atoms with van der Waals surface area (Å²) in [6.07, 6.45) is 0. The number of nitrogens with two attached hydrogens (primary N) is 1. The summed E-state index contributed by atoms with van der Waals surface area (Å²) in [5.41, 5.74) is 7.11. The number of carbonyl (C=O) groups is 1. The Hall–Kier alpha value is -2.21. The number of ketones is 1. The third-order valence-corrected chi connectivity index (χ3v) is 3.68. The zero-order valence-electron chi connectivity index (χ0n) is 12.5. The van der Waals surface area contributed by atoms with Crippen molar-refractivity contribution in [1.29, 1.82) is 0 Å². The number of halogens is 1. The van der Waals surface area contributed by atoms with E-state index in [0.717, 1.165) is 4.47 Å². The first-order valence-electron chi connectivity index (χ1n) is 6.41. The molecule has 0 saturated carbocycles.